The maximum absolute atomic E-state index is 12.9. The van der Waals surface area contributed by atoms with E-state index in [1.807, 2.05) is 12.1 Å². The predicted octanol–water partition coefficient (Wildman–Crippen LogP) is 1.69. The lowest BCUT2D eigenvalue weighted by Crippen LogP contribution is -2.34. The van der Waals surface area contributed by atoms with Gasteiger partial charge in [0.25, 0.3) is 11.5 Å². The molecule has 1 aliphatic rings. The smallest absolute Gasteiger partial charge is 0.260 e. The second-order valence-corrected chi connectivity index (χ2v) is 6.53. The minimum Gasteiger partial charge on any atom is -0.351 e. The average molecular weight is 354 g/mol. The van der Waals surface area contributed by atoms with Crippen LogP contribution in [0.25, 0.3) is 0 Å². The van der Waals surface area contributed by atoms with Crippen molar-refractivity contribution in [1.29, 1.82) is 0 Å². The first-order valence-electron chi connectivity index (χ1n) is 8.66. The molecule has 1 fully saturated rings. The highest BCUT2D eigenvalue weighted by Gasteiger charge is 2.31. The van der Waals surface area contributed by atoms with Crippen LogP contribution in [0.15, 0.2) is 35.3 Å². The third-order valence-electron chi connectivity index (χ3n) is 4.54. The van der Waals surface area contributed by atoms with Gasteiger partial charge >= 0.3 is 0 Å². The summed E-state index contributed by atoms with van der Waals surface area (Å²) < 4.78 is 0. The lowest BCUT2D eigenvalue weighted by molar-refractivity contribution is -0.119. The van der Waals surface area contributed by atoms with Crippen LogP contribution in [0.3, 0.4) is 0 Å². The van der Waals surface area contributed by atoms with Crippen LogP contribution < -0.4 is 10.9 Å². The zero-order valence-electron chi connectivity index (χ0n) is 14.9. The van der Waals surface area contributed by atoms with Crippen molar-refractivity contribution in [3.8, 4) is 0 Å². The number of amides is 2. The van der Waals surface area contributed by atoms with Crippen molar-refractivity contribution in [2.24, 2.45) is 0 Å². The van der Waals surface area contributed by atoms with Crippen LogP contribution in [0.2, 0.25) is 0 Å². The van der Waals surface area contributed by atoms with Gasteiger partial charge in [-0.3, -0.25) is 19.4 Å². The van der Waals surface area contributed by atoms with Crippen LogP contribution >= 0.6 is 0 Å². The number of nitrogens with zero attached hydrogens (tertiary/aromatic N) is 2. The van der Waals surface area contributed by atoms with Crippen molar-refractivity contribution < 1.29 is 9.59 Å². The Morgan fingerprint density at radius 2 is 2.15 bits per heavy atom. The van der Waals surface area contributed by atoms with Crippen LogP contribution in [0, 0.1) is 6.92 Å². The van der Waals surface area contributed by atoms with Gasteiger partial charge in [0.1, 0.15) is 5.56 Å². The van der Waals surface area contributed by atoms with Crippen LogP contribution in [0.1, 0.15) is 53.1 Å². The molecule has 2 N–H and O–H groups in total. The lowest BCUT2D eigenvalue weighted by Gasteiger charge is -2.25. The fourth-order valence-electron chi connectivity index (χ4n) is 3.27. The van der Waals surface area contributed by atoms with Crippen LogP contribution in [0.5, 0.6) is 0 Å². The molecule has 136 valence electrons. The molecule has 3 rings (SSSR count). The number of carbonyl (C=O) groups excluding carboxylic acids is 2. The van der Waals surface area contributed by atoms with Crippen molar-refractivity contribution in [2.45, 2.75) is 39.3 Å². The zero-order chi connectivity index (χ0) is 18.7. The Labute approximate surface area is 151 Å². The number of nitrogens with one attached hydrogen (secondary N) is 2. The van der Waals surface area contributed by atoms with Gasteiger partial charge in [0.2, 0.25) is 5.91 Å². The molecule has 7 nitrogen and oxygen atoms in total. The molecule has 0 saturated carbocycles. The summed E-state index contributed by atoms with van der Waals surface area (Å²) in [4.78, 5) is 44.8. The zero-order valence-corrected chi connectivity index (χ0v) is 14.9. The molecule has 1 unspecified atom stereocenters. The summed E-state index contributed by atoms with van der Waals surface area (Å²) in [7, 11) is 0. The van der Waals surface area contributed by atoms with Gasteiger partial charge in [0.15, 0.2) is 0 Å². The van der Waals surface area contributed by atoms with E-state index in [2.05, 4.69) is 15.3 Å². The summed E-state index contributed by atoms with van der Waals surface area (Å²) in [6.45, 7) is 4.20. The van der Waals surface area contributed by atoms with Crippen molar-refractivity contribution in [1.82, 2.24) is 20.2 Å². The number of hydrogen-bond acceptors (Lipinski definition) is 4. The monoisotopic (exact) mass is 354 g/mol. The minimum absolute atomic E-state index is 0.0951. The quantitative estimate of drug-likeness (QED) is 0.873. The van der Waals surface area contributed by atoms with E-state index in [4.69, 9.17) is 0 Å². The van der Waals surface area contributed by atoms with E-state index >= 15 is 0 Å². The third-order valence-corrected chi connectivity index (χ3v) is 4.54. The Morgan fingerprint density at radius 1 is 1.35 bits per heavy atom. The molecule has 2 amide bonds. The van der Waals surface area contributed by atoms with E-state index < -0.39 is 0 Å². The molecule has 0 bridgehead atoms. The highest BCUT2D eigenvalue weighted by atomic mass is 16.2. The van der Waals surface area contributed by atoms with Gasteiger partial charge in [-0.25, -0.2) is 0 Å². The topological polar surface area (TPSA) is 95.2 Å². The third kappa shape index (κ3) is 3.82. The largest absolute Gasteiger partial charge is 0.351 e. The van der Waals surface area contributed by atoms with Gasteiger partial charge in [-0.15, -0.1) is 0 Å². The van der Waals surface area contributed by atoms with Crippen molar-refractivity contribution in [3.05, 3.63) is 63.3 Å². The minimum atomic E-state index is -0.360. The summed E-state index contributed by atoms with van der Waals surface area (Å²) in [6, 6.07) is 7.01. The number of carbonyl (C=O) groups is 2. The van der Waals surface area contributed by atoms with Crippen LogP contribution in [-0.2, 0) is 11.3 Å². The summed E-state index contributed by atoms with van der Waals surface area (Å²) in [6.07, 6.45) is 3.40. The molecule has 2 aromatic rings. The molecule has 1 saturated heterocycles. The van der Waals surface area contributed by atoms with Crippen molar-refractivity contribution in [2.75, 3.05) is 6.54 Å². The molecule has 2 aromatic heterocycles. The molecule has 7 heteroatoms. The summed E-state index contributed by atoms with van der Waals surface area (Å²) in [5, 5.41) is 2.72. The van der Waals surface area contributed by atoms with Gasteiger partial charge in [-0.2, -0.15) is 0 Å². The first-order chi connectivity index (χ1) is 12.5. The van der Waals surface area contributed by atoms with E-state index in [0.29, 0.717) is 13.1 Å². The van der Waals surface area contributed by atoms with Gasteiger partial charge in [0, 0.05) is 25.4 Å². The molecule has 1 aliphatic heterocycles. The molecule has 3 heterocycles. The number of likely N-dealkylation sites (tertiary alicyclic amines) is 1. The molecule has 0 radical (unpaired) electrons. The molecular weight excluding hydrogens is 332 g/mol. The van der Waals surface area contributed by atoms with Gasteiger partial charge in [0.05, 0.1) is 18.3 Å². The Hall–Kier alpha value is -2.96. The SMILES string of the molecule is CC(=O)NCc1cc(C2CCCN2C(=O)c2ccc(C)[nH]c2=O)ccn1. The van der Waals surface area contributed by atoms with Crippen LogP contribution in [0.4, 0.5) is 0 Å². The lowest BCUT2D eigenvalue weighted by atomic mass is 10.0. The number of rotatable bonds is 4. The molecule has 0 spiro atoms. The summed E-state index contributed by atoms with van der Waals surface area (Å²) >= 11 is 0. The number of H-pyrrole nitrogens is 1. The Bertz CT molecular complexity index is 890. The molecule has 0 aliphatic carbocycles. The first-order valence-corrected chi connectivity index (χ1v) is 8.66. The summed E-state index contributed by atoms with van der Waals surface area (Å²) in [5.41, 5.74) is 2.23. The van der Waals surface area contributed by atoms with Crippen molar-refractivity contribution >= 4 is 11.8 Å². The summed E-state index contributed by atoms with van der Waals surface area (Å²) in [5.74, 6) is -0.373. The normalized spacial score (nSPS) is 16.5. The molecular formula is C19H22N4O3. The molecule has 1 atom stereocenters. The number of pyridine rings is 2. The fraction of sp³-hybridized carbons (Fsp3) is 0.368. The predicted molar refractivity (Wildman–Crippen MR) is 96.6 cm³/mol. The molecule has 0 aromatic carbocycles. The Balaban J connectivity index is 1.84. The number of aromatic amines is 1. The maximum Gasteiger partial charge on any atom is 0.260 e. The maximum atomic E-state index is 12.9. The van der Waals surface area contributed by atoms with Crippen molar-refractivity contribution in [3.63, 3.8) is 0 Å². The van der Waals surface area contributed by atoms with Crippen LogP contribution in [-0.4, -0.2) is 33.2 Å². The standard InChI is InChI=1S/C19H22N4O3/c1-12-5-6-16(18(25)22-12)19(26)23-9-3-4-17(23)14-7-8-20-15(10-14)11-21-13(2)24/h5-8,10,17H,3-4,9,11H2,1-2H3,(H,21,24)(H,22,25). The average Bonchev–Trinajstić information content (AvgIpc) is 3.09. The van der Waals surface area contributed by atoms with Gasteiger partial charge in [-0.05, 0) is 49.6 Å². The number of aromatic nitrogens is 2. The highest BCUT2D eigenvalue weighted by molar-refractivity contribution is 5.94. The van der Waals surface area contributed by atoms with E-state index in [9.17, 15) is 14.4 Å². The van der Waals surface area contributed by atoms with E-state index in [0.717, 1.165) is 29.8 Å². The second kappa shape index (κ2) is 7.51. The Morgan fingerprint density at radius 3 is 2.88 bits per heavy atom. The highest BCUT2D eigenvalue weighted by Crippen LogP contribution is 2.32. The number of hydrogen-bond donors (Lipinski definition) is 2. The van der Waals surface area contributed by atoms with E-state index in [1.165, 1.54) is 6.92 Å². The second-order valence-electron chi connectivity index (χ2n) is 6.53. The van der Waals surface area contributed by atoms with Gasteiger partial charge in [-0.1, -0.05) is 0 Å². The molecule has 26 heavy (non-hydrogen) atoms. The van der Waals surface area contributed by atoms with E-state index in [-0.39, 0.29) is 29.0 Å². The first kappa shape index (κ1) is 17.8. The van der Waals surface area contributed by atoms with Gasteiger partial charge < -0.3 is 15.2 Å². The van der Waals surface area contributed by atoms with E-state index in [1.54, 1.807) is 30.2 Å². The number of aryl methyl sites for hydroxylation is 1. The fourth-order valence-corrected chi connectivity index (χ4v) is 3.27. The Kier molecular flexibility index (Phi) is 5.16.